The fourth-order valence-corrected chi connectivity index (χ4v) is 3.32. The van der Waals surface area contributed by atoms with Gasteiger partial charge in [-0.15, -0.1) is 12.4 Å². The van der Waals surface area contributed by atoms with Crippen LogP contribution < -0.4 is 20.1 Å². The summed E-state index contributed by atoms with van der Waals surface area (Å²) >= 11 is 7.95. The van der Waals surface area contributed by atoms with E-state index in [2.05, 4.69) is 10.6 Å². The van der Waals surface area contributed by atoms with E-state index in [9.17, 15) is 4.79 Å². The van der Waals surface area contributed by atoms with Crippen molar-refractivity contribution in [2.24, 2.45) is 0 Å². The number of ether oxygens (including phenoxy) is 2. The summed E-state index contributed by atoms with van der Waals surface area (Å²) in [7, 11) is 3.07. The van der Waals surface area contributed by atoms with Crippen LogP contribution in [0.25, 0.3) is 0 Å². The third-order valence-electron chi connectivity index (χ3n) is 3.18. The molecule has 2 N–H and O–H groups in total. The van der Waals surface area contributed by atoms with E-state index >= 15 is 0 Å². The van der Waals surface area contributed by atoms with E-state index in [1.165, 1.54) is 14.2 Å². The van der Waals surface area contributed by atoms with Gasteiger partial charge in [-0.25, -0.2) is 0 Å². The molecule has 0 radical (unpaired) electrons. The number of amides is 1. The average Bonchev–Trinajstić information content (AvgIpc) is 2.48. The van der Waals surface area contributed by atoms with Crippen LogP contribution in [0.3, 0.4) is 0 Å². The molecule has 1 atom stereocenters. The Morgan fingerprint density at radius 2 is 2.14 bits per heavy atom. The Labute approximate surface area is 145 Å². The van der Waals surface area contributed by atoms with E-state index < -0.39 is 0 Å². The molecule has 8 heteroatoms. The molecule has 124 valence electrons. The molecule has 1 aromatic rings. The predicted molar refractivity (Wildman–Crippen MR) is 94.2 cm³/mol. The number of rotatable bonds is 5. The van der Waals surface area contributed by atoms with Crippen molar-refractivity contribution in [2.75, 3.05) is 37.6 Å². The van der Waals surface area contributed by atoms with Crippen LogP contribution in [0.1, 0.15) is 6.42 Å². The van der Waals surface area contributed by atoms with E-state index in [1.54, 1.807) is 12.1 Å². The number of hydrogen-bond donors (Lipinski definition) is 2. The summed E-state index contributed by atoms with van der Waals surface area (Å²) < 4.78 is 10.4. The maximum absolute atomic E-state index is 12.1. The molecule has 2 rings (SSSR count). The summed E-state index contributed by atoms with van der Waals surface area (Å²) in [5.74, 6) is 3.02. The average molecular weight is 367 g/mol. The summed E-state index contributed by atoms with van der Waals surface area (Å²) in [6.07, 6.45) is 0.430. The molecule has 5 nitrogen and oxygen atoms in total. The minimum atomic E-state index is -0.0606. The number of thioether (sulfide) groups is 1. The van der Waals surface area contributed by atoms with Gasteiger partial charge in [-0.2, -0.15) is 11.8 Å². The molecule has 1 fully saturated rings. The minimum Gasteiger partial charge on any atom is -0.495 e. The molecular formula is C14H20Cl2N2O3S. The molecule has 0 aliphatic carbocycles. The number of hydrogen-bond acceptors (Lipinski definition) is 5. The Morgan fingerprint density at radius 1 is 1.41 bits per heavy atom. The molecule has 1 aliphatic rings. The SMILES string of the molecule is COc1cc(OC)c(NC(=O)CC2CSCCN2)cc1Cl.Cl. The van der Waals surface area contributed by atoms with Gasteiger partial charge in [0, 0.05) is 36.6 Å². The Morgan fingerprint density at radius 3 is 2.73 bits per heavy atom. The number of benzene rings is 1. The molecule has 1 aromatic carbocycles. The second-order valence-electron chi connectivity index (χ2n) is 4.67. The van der Waals surface area contributed by atoms with E-state index in [0.717, 1.165) is 18.1 Å². The van der Waals surface area contributed by atoms with Crippen LogP contribution in [0.2, 0.25) is 5.02 Å². The molecule has 1 heterocycles. The number of carbonyl (C=O) groups excluding carboxylic acids is 1. The first-order valence-electron chi connectivity index (χ1n) is 6.66. The topological polar surface area (TPSA) is 59.6 Å². The largest absolute Gasteiger partial charge is 0.495 e. The fraction of sp³-hybridized carbons (Fsp3) is 0.500. The second-order valence-corrected chi connectivity index (χ2v) is 6.22. The molecule has 0 spiro atoms. The third-order valence-corrected chi connectivity index (χ3v) is 4.60. The molecule has 0 bridgehead atoms. The van der Waals surface area contributed by atoms with Gasteiger partial charge in [-0.05, 0) is 6.07 Å². The molecule has 0 saturated carbocycles. The van der Waals surface area contributed by atoms with Gasteiger partial charge in [0.05, 0.1) is 24.9 Å². The van der Waals surface area contributed by atoms with E-state index in [0.29, 0.717) is 28.6 Å². The van der Waals surface area contributed by atoms with E-state index in [1.807, 2.05) is 11.8 Å². The molecule has 1 amide bonds. The highest BCUT2D eigenvalue weighted by Gasteiger charge is 2.18. The van der Waals surface area contributed by atoms with Crippen LogP contribution in [0.5, 0.6) is 11.5 Å². The second kappa shape index (κ2) is 9.35. The smallest absolute Gasteiger partial charge is 0.226 e. The minimum absolute atomic E-state index is 0. The van der Waals surface area contributed by atoms with Gasteiger partial charge >= 0.3 is 0 Å². The van der Waals surface area contributed by atoms with Gasteiger partial charge in [-0.1, -0.05) is 11.6 Å². The summed E-state index contributed by atoms with van der Waals surface area (Å²) in [5.41, 5.74) is 0.553. The zero-order chi connectivity index (χ0) is 15.2. The lowest BCUT2D eigenvalue weighted by molar-refractivity contribution is -0.116. The van der Waals surface area contributed by atoms with Crippen molar-refractivity contribution >= 4 is 47.4 Å². The van der Waals surface area contributed by atoms with Gasteiger partial charge < -0.3 is 20.1 Å². The first kappa shape index (κ1) is 19.2. The zero-order valence-corrected chi connectivity index (χ0v) is 14.9. The van der Waals surface area contributed by atoms with Crippen molar-refractivity contribution in [3.8, 4) is 11.5 Å². The third kappa shape index (κ3) is 5.12. The predicted octanol–water partition coefficient (Wildman–Crippen LogP) is 2.81. The summed E-state index contributed by atoms with van der Waals surface area (Å²) in [6.45, 7) is 0.945. The highest BCUT2D eigenvalue weighted by Crippen LogP contribution is 2.35. The molecule has 1 aliphatic heterocycles. The Hall–Kier alpha value is -0.820. The van der Waals surface area contributed by atoms with Crippen molar-refractivity contribution in [2.45, 2.75) is 12.5 Å². The maximum atomic E-state index is 12.1. The van der Waals surface area contributed by atoms with Crippen molar-refractivity contribution in [1.82, 2.24) is 5.32 Å². The van der Waals surface area contributed by atoms with Gasteiger partial charge in [0.1, 0.15) is 11.5 Å². The zero-order valence-electron chi connectivity index (χ0n) is 12.5. The Balaban J connectivity index is 0.00000242. The number of anilines is 1. The number of methoxy groups -OCH3 is 2. The Bertz CT molecular complexity index is 511. The van der Waals surface area contributed by atoms with Crippen LogP contribution in [0, 0.1) is 0 Å². The van der Waals surface area contributed by atoms with Crippen molar-refractivity contribution in [3.63, 3.8) is 0 Å². The molecule has 0 aromatic heterocycles. The Kier molecular flexibility index (Phi) is 8.17. The quantitative estimate of drug-likeness (QED) is 0.838. The fourth-order valence-electron chi connectivity index (χ4n) is 2.13. The van der Waals surface area contributed by atoms with Gasteiger partial charge in [0.15, 0.2) is 0 Å². The molecule has 1 unspecified atom stereocenters. The lowest BCUT2D eigenvalue weighted by Gasteiger charge is -2.22. The van der Waals surface area contributed by atoms with Crippen LogP contribution >= 0.6 is 35.8 Å². The maximum Gasteiger partial charge on any atom is 0.226 e. The number of nitrogens with one attached hydrogen (secondary N) is 2. The van der Waals surface area contributed by atoms with Crippen LogP contribution in [-0.2, 0) is 4.79 Å². The standard InChI is InChI=1S/C14H19ClN2O3S.ClH/c1-19-12-7-13(20-2)11(6-10(12)15)17-14(18)5-9-8-21-4-3-16-9;/h6-7,9,16H,3-5,8H2,1-2H3,(H,17,18);1H. The summed E-state index contributed by atoms with van der Waals surface area (Å²) in [6, 6.07) is 3.51. The lowest BCUT2D eigenvalue weighted by atomic mass is 10.2. The van der Waals surface area contributed by atoms with Crippen molar-refractivity contribution in [3.05, 3.63) is 17.2 Å². The van der Waals surface area contributed by atoms with E-state index in [-0.39, 0.29) is 24.4 Å². The first-order valence-corrected chi connectivity index (χ1v) is 8.19. The van der Waals surface area contributed by atoms with Gasteiger partial charge in [0.2, 0.25) is 5.91 Å². The molecular weight excluding hydrogens is 347 g/mol. The highest BCUT2D eigenvalue weighted by atomic mass is 35.5. The van der Waals surface area contributed by atoms with Crippen LogP contribution in [0.15, 0.2) is 12.1 Å². The van der Waals surface area contributed by atoms with Crippen LogP contribution in [-0.4, -0.2) is 44.2 Å². The number of carbonyl (C=O) groups is 1. The van der Waals surface area contributed by atoms with E-state index in [4.69, 9.17) is 21.1 Å². The van der Waals surface area contributed by atoms with Gasteiger partial charge in [-0.3, -0.25) is 4.79 Å². The van der Waals surface area contributed by atoms with Crippen molar-refractivity contribution in [1.29, 1.82) is 0 Å². The number of halogens is 2. The summed E-state index contributed by atoms with van der Waals surface area (Å²) in [5, 5.41) is 6.61. The lowest BCUT2D eigenvalue weighted by Crippen LogP contribution is -2.39. The van der Waals surface area contributed by atoms with Crippen LogP contribution in [0.4, 0.5) is 5.69 Å². The normalized spacial score (nSPS) is 17.3. The molecule has 1 saturated heterocycles. The summed E-state index contributed by atoms with van der Waals surface area (Å²) in [4.78, 5) is 12.1. The van der Waals surface area contributed by atoms with Crippen molar-refractivity contribution < 1.29 is 14.3 Å². The molecule has 22 heavy (non-hydrogen) atoms. The van der Waals surface area contributed by atoms with Gasteiger partial charge in [0.25, 0.3) is 0 Å². The first-order chi connectivity index (χ1) is 10.1. The highest BCUT2D eigenvalue weighted by molar-refractivity contribution is 7.99. The monoisotopic (exact) mass is 366 g/mol.